The average Bonchev–Trinajstić information content (AvgIpc) is 2.85. The zero-order chi connectivity index (χ0) is 19.7. The number of nitrogens with one attached hydrogen (secondary N) is 2. The van der Waals surface area contributed by atoms with Crippen molar-refractivity contribution in [3.8, 4) is 0 Å². The van der Waals surface area contributed by atoms with Crippen molar-refractivity contribution in [2.24, 2.45) is 0 Å². The molecule has 2 aliphatic heterocycles. The van der Waals surface area contributed by atoms with E-state index in [1.807, 2.05) is 4.68 Å². The van der Waals surface area contributed by atoms with Gasteiger partial charge in [-0.25, -0.2) is 4.98 Å². The number of anilines is 1. The predicted octanol–water partition coefficient (Wildman–Crippen LogP) is 1.34. The number of hydrogen-bond donors (Lipinski definition) is 1. The largest absolute Gasteiger partial charge is 0.419 e. The number of hydrogen-bond acceptors (Lipinski definition) is 3. The third-order valence-electron chi connectivity index (χ3n) is 5.59. The number of piperazine rings is 1. The van der Waals surface area contributed by atoms with Crippen LogP contribution in [0.1, 0.15) is 30.7 Å². The number of aryl methyl sites for hydroxylation is 1. The highest BCUT2D eigenvalue weighted by Gasteiger charge is 2.33. The molecule has 2 aliphatic rings. The summed E-state index contributed by atoms with van der Waals surface area (Å²) in [7, 11) is 0. The second-order valence-electron chi connectivity index (χ2n) is 7.52. The van der Waals surface area contributed by atoms with Crippen LogP contribution in [-0.4, -0.2) is 40.5 Å². The Balaban J connectivity index is 1.37. The van der Waals surface area contributed by atoms with E-state index in [1.165, 1.54) is 23.8 Å². The van der Waals surface area contributed by atoms with E-state index in [0.717, 1.165) is 80.9 Å². The lowest BCUT2D eigenvalue weighted by Gasteiger charge is -2.28. The molecule has 0 aliphatic carbocycles. The summed E-state index contributed by atoms with van der Waals surface area (Å²) < 4.78 is 43.0. The lowest BCUT2D eigenvalue weighted by Crippen LogP contribution is -3.14. The fourth-order valence-corrected chi connectivity index (χ4v) is 4.25. The molecular formula is C18H25F3N6S+2. The van der Waals surface area contributed by atoms with Gasteiger partial charge in [0.15, 0.2) is 6.67 Å². The minimum Gasteiger partial charge on any atom is -0.310 e. The van der Waals surface area contributed by atoms with Gasteiger partial charge in [-0.2, -0.15) is 23.0 Å². The number of aromatic amines is 1. The number of halogens is 3. The second kappa shape index (κ2) is 7.82. The van der Waals surface area contributed by atoms with Gasteiger partial charge in [-0.05, 0) is 31.1 Å². The Hall–Kier alpha value is -1.94. The van der Waals surface area contributed by atoms with E-state index in [9.17, 15) is 13.2 Å². The smallest absolute Gasteiger partial charge is 0.310 e. The van der Waals surface area contributed by atoms with Gasteiger partial charge in [0.25, 0.3) is 5.82 Å². The van der Waals surface area contributed by atoms with Crippen LogP contribution in [-0.2, 0) is 25.8 Å². The molecule has 0 amide bonds. The van der Waals surface area contributed by atoms with Crippen LogP contribution >= 0.6 is 12.2 Å². The van der Waals surface area contributed by atoms with Crippen LogP contribution in [0.2, 0.25) is 0 Å². The molecule has 6 nitrogen and oxygen atoms in total. The number of aromatic nitrogens is 4. The highest BCUT2D eigenvalue weighted by molar-refractivity contribution is 7.71. The van der Waals surface area contributed by atoms with Crippen LogP contribution in [0.5, 0.6) is 0 Å². The molecule has 1 saturated heterocycles. The SMILES string of the molecule is FC(F)(F)c1ccc(N2CC[NH+](Cn3nc4n(c3=S)CCCCC4)CC2)[nH+]c1. The van der Waals surface area contributed by atoms with Crippen molar-refractivity contribution in [1.29, 1.82) is 0 Å². The van der Waals surface area contributed by atoms with Gasteiger partial charge in [-0.15, -0.1) is 0 Å². The predicted molar refractivity (Wildman–Crippen MR) is 99.5 cm³/mol. The molecule has 2 aromatic heterocycles. The highest BCUT2D eigenvalue weighted by Crippen LogP contribution is 2.28. The third kappa shape index (κ3) is 4.07. The minimum absolute atomic E-state index is 0.658. The number of pyridine rings is 1. The van der Waals surface area contributed by atoms with Crippen LogP contribution in [0.4, 0.5) is 19.0 Å². The molecule has 4 heterocycles. The van der Waals surface area contributed by atoms with Crippen LogP contribution < -0.4 is 14.8 Å². The molecule has 28 heavy (non-hydrogen) atoms. The molecule has 2 aromatic rings. The van der Waals surface area contributed by atoms with Crippen LogP contribution in [0.3, 0.4) is 0 Å². The maximum Gasteiger partial charge on any atom is 0.419 e. The Morgan fingerprint density at radius 3 is 2.57 bits per heavy atom. The summed E-state index contributed by atoms with van der Waals surface area (Å²) in [6.45, 7) is 5.03. The topological polar surface area (TPSA) is 44.6 Å². The normalized spacial score (nSPS) is 18.8. The molecule has 0 saturated carbocycles. The number of fused-ring (bicyclic) bond motifs is 1. The summed E-state index contributed by atoms with van der Waals surface area (Å²) in [5.74, 6) is 1.82. The van der Waals surface area contributed by atoms with Gasteiger partial charge in [-0.3, -0.25) is 4.90 Å². The first-order valence-electron chi connectivity index (χ1n) is 9.76. The first kappa shape index (κ1) is 19.4. The maximum absolute atomic E-state index is 12.7. The zero-order valence-electron chi connectivity index (χ0n) is 15.6. The molecule has 1 fully saturated rings. The summed E-state index contributed by atoms with van der Waals surface area (Å²) in [6.07, 6.45) is 1.25. The first-order valence-corrected chi connectivity index (χ1v) is 10.2. The van der Waals surface area contributed by atoms with Gasteiger partial charge in [0.1, 0.15) is 38.2 Å². The lowest BCUT2D eigenvalue weighted by atomic mass is 10.2. The number of quaternary nitrogens is 1. The van der Waals surface area contributed by atoms with Gasteiger partial charge in [-0.1, -0.05) is 6.42 Å². The summed E-state index contributed by atoms with van der Waals surface area (Å²) in [5, 5.41) is 4.74. The number of alkyl halides is 3. The molecule has 0 aromatic carbocycles. The van der Waals surface area contributed by atoms with Crippen molar-refractivity contribution in [1.82, 2.24) is 14.3 Å². The van der Waals surface area contributed by atoms with E-state index >= 15 is 0 Å². The standard InChI is InChI=1S/C18H23F3N6S/c19-18(20,21)14-5-6-15(22-12-14)25-10-8-24(9-11-25)13-27-17(28)26-7-3-1-2-4-16(26)23-27/h5-6,12H,1-4,7-11,13H2/p+2. The molecule has 152 valence electrons. The Kier molecular flexibility index (Phi) is 5.42. The molecule has 4 rings (SSSR count). The van der Waals surface area contributed by atoms with Gasteiger partial charge in [0, 0.05) is 19.0 Å². The fraction of sp³-hybridized carbons (Fsp3) is 0.611. The highest BCUT2D eigenvalue weighted by atomic mass is 32.1. The van der Waals surface area contributed by atoms with Crippen molar-refractivity contribution >= 4 is 18.0 Å². The van der Waals surface area contributed by atoms with Crippen LogP contribution in [0.25, 0.3) is 0 Å². The van der Waals surface area contributed by atoms with Gasteiger partial charge < -0.3 is 9.47 Å². The monoisotopic (exact) mass is 414 g/mol. The summed E-state index contributed by atoms with van der Waals surface area (Å²) in [6, 6.07) is 2.64. The van der Waals surface area contributed by atoms with Crippen LogP contribution in [0, 0.1) is 4.77 Å². The van der Waals surface area contributed by atoms with Gasteiger partial charge in [0.2, 0.25) is 4.77 Å². The van der Waals surface area contributed by atoms with Crippen LogP contribution in [0.15, 0.2) is 18.3 Å². The van der Waals surface area contributed by atoms with Crippen molar-refractivity contribution < 1.29 is 23.1 Å². The third-order valence-corrected chi connectivity index (χ3v) is 6.02. The van der Waals surface area contributed by atoms with Crippen molar-refractivity contribution in [3.63, 3.8) is 0 Å². The minimum atomic E-state index is -4.32. The molecule has 10 heteroatoms. The average molecular weight is 415 g/mol. The second-order valence-corrected chi connectivity index (χ2v) is 7.88. The van der Waals surface area contributed by atoms with Gasteiger partial charge in [0.05, 0.1) is 5.56 Å². The van der Waals surface area contributed by atoms with E-state index in [1.54, 1.807) is 0 Å². The summed E-state index contributed by atoms with van der Waals surface area (Å²) in [4.78, 5) is 6.26. The molecule has 2 N–H and O–H groups in total. The van der Waals surface area contributed by atoms with Crippen molar-refractivity contribution in [3.05, 3.63) is 34.5 Å². The van der Waals surface area contributed by atoms with Crippen molar-refractivity contribution in [2.45, 2.75) is 45.1 Å². The van der Waals surface area contributed by atoms with Gasteiger partial charge >= 0.3 is 6.18 Å². The molecule has 0 spiro atoms. The Bertz CT molecular complexity index is 865. The van der Waals surface area contributed by atoms with E-state index in [0.29, 0.717) is 0 Å². The van der Waals surface area contributed by atoms with E-state index in [4.69, 9.17) is 17.3 Å². The van der Waals surface area contributed by atoms with E-state index in [-0.39, 0.29) is 0 Å². The fourth-order valence-electron chi connectivity index (χ4n) is 3.95. The molecular weight excluding hydrogens is 389 g/mol. The quantitative estimate of drug-likeness (QED) is 0.771. The Morgan fingerprint density at radius 1 is 1.11 bits per heavy atom. The molecule has 0 atom stereocenters. The zero-order valence-corrected chi connectivity index (χ0v) is 16.5. The number of H-pyrrole nitrogens is 1. The van der Waals surface area contributed by atoms with E-state index in [2.05, 4.69) is 14.5 Å². The number of rotatable bonds is 3. The molecule has 0 bridgehead atoms. The first-order chi connectivity index (χ1) is 13.4. The van der Waals surface area contributed by atoms with E-state index < -0.39 is 11.7 Å². The maximum atomic E-state index is 12.7. The number of nitrogens with zero attached hydrogens (tertiary/aromatic N) is 4. The lowest BCUT2D eigenvalue weighted by molar-refractivity contribution is -0.924. The Morgan fingerprint density at radius 2 is 1.89 bits per heavy atom. The Labute approximate surface area is 166 Å². The summed E-state index contributed by atoms with van der Waals surface area (Å²) in [5.41, 5.74) is -0.658. The van der Waals surface area contributed by atoms with Crippen molar-refractivity contribution in [2.75, 3.05) is 31.1 Å². The molecule has 0 unspecified atom stereocenters. The molecule has 0 radical (unpaired) electrons. The summed E-state index contributed by atoms with van der Waals surface area (Å²) >= 11 is 5.63.